The molecule has 8 nitrogen and oxygen atoms in total. The minimum absolute atomic E-state index is 0.0364. The van der Waals surface area contributed by atoms with Crippen molar-refractivity contribution in [1.82, 2.24) is 14.9 Å². The van der Waals surface area contributed by atoms with Crippen molar-refractivity contribution in [2.75, 3.05) is 7.11 Å². The van der Waals surface area contributed by atoms with Crippen LogP contribution in [0.4, 0.5) is 9.18 Å². The van der Waals surface area contributed by atoms with E-state index in [-0.39, 0.29) is 12.2 Å². The van der Waals surface area contributed by atoms with Crippen molar-refractivity contribution in [1.29, 1.82) is 0 Å². The summed E-state index contributed by atoms with van der Waals surface area (Å²) < 4.78 is 24.1. The van der Waals surface area contributed by atoms with Crippen molar-refractivity contribution < 1.29 is 28.2 Å². The normalized spacial score (nSPS) is 18.4. The molecule has 0 unspecified atom stereocenters. The number of cyclic esters (lactones) is 1. The molecule has 1 fully saturated rings. The van der Waals surface area contributed by atoms with Crippen molar-refractivity contribution >= 4 is 29.0 Å². The van der Waals surface area contributed by atoms with Gasteiger partial charge < -0.3 is 14.5 Å². The summed E-state index contributed by atoms with van der Waals surface area (Å²) >= 11 is 0. The van der Waals surface area contributed by atoms with Gasteiger partial charge in [-0.05, 0) is 48.4 Å². The number of carbonyl (C=O) groups is 3. The molecule has 9 heteroatoms. The Bertz CT molecular complexity index is 1470. The highest BCUT2D eigenvalue weighted by Crippen LogP contribution is 2.41. The minimum Gasteiger partial charge on any atom is -0.465 e. The molecule has 1 aromatic heterocycles. The molecule has 4 aromatic rings. The van der Waals surface area contributed by atoms with Crippen molar-refractivity contribution in [3.8, 4) is 0 Å². The molecule has 1 aliphatic rings. The Labute approximate surface area is 205 Å². The number of ether oxygens (including phenoxy) is 2. The zero-order valence-corrected chi connectivity index (χ0v) is 19.5. The highest BCUT2D eigenvalue weighted by molar-refractivity contribution is 6.04. The van der Waals surface area contributed by atoms with Gasteiger partial charge in [-0.1, -0.05) is 42.5 Å². The zero-order chi connectivity index (χ0) is 25.4. The molecule has 2 atom stereocenters. The smallest absolute Gasteiger partial charge is 0.418 e. The first-order valence-corrected chi connectivity index (χ1v) is 11.3. The number of carbonyl (C=O) groups excluding carboxylic acids is 3. The number of hydrogen-bond acceptors (Lipinski definition) is 6. The molecule has 0 radical (unpaired) electrons. The Hall–Kier alpha value is -4.53. The van der Waals surface area contributed by atoms with Gasteiger partial charge in [0, 0.05) is 6.42 Å². The van der Waals surface area contributed by atoms with E-state index < -0.39 is 35.4 Å². The topological polar surface area (TPSA) is 102 Å². The standard InChI is InChI=1S/C27H22FN3O5/c1-16(18-8-11-20(28)12-9-18)31-25(33)27(36-26(31)34,15-17-6-4-3-5-7-17)24-29-21-13-10-19(23(32)35-2)14-22(21)30-24/h3-14,16H,15H2,1-2H3,(H,29,30)/t16-,27-/m1/s1. The summed E-state index contributed by atoms with van der Waals surface area (Å²) in [4.78, 5) is 47.8. The van der Waals surface area contributed by atoms with E-state index in [1.807, 2.05) is 30.3 Å². The van der Waals surface area contributed by atoms with Gasteiger partial charge in [0.2, 0.25) is 0 Å². The van der Waals surface area contributed by atoms with E-state index in [0.717, 1.165) is 10.5 Å². The number of H-pyrrole nitrogens is 1. The van der Waals surface area contributed by atoms with Crippen LogP contribution in [-0.2, 0) is 26.3 Å². The highest BCUT2D eigenvalue weighted by atomic mass is 19.1. The average Bonchev–Trinajstić information content (AvgIpc) is 3.42. The minimum atomic E-state index is -1.77. The van der Waals surface area contributed by atoms with Crippen molar-refractivity contribution in [2.45, 2.75) is 25.0 Å². The number of fused-ring (bicyclic) bond motifs is 1. The predicted octanol–water partition coefficient (Wildman–Crippen LogP) is 4.67. The van der Waals surface area contributed by atoms with Gasteiger partial charge >= 0.3 is 12.1 Å². The monoisotopic (exact) mass is 487 g/mol. The number of imidazole rings is 1. The first kappa shape index (κ1) is 23.2. The second kappa shape index (κ2) is 8.92. The van der Waals surface area contributed by atoms with E-state index in [2.05, 4.69) is 9.97 Å². The maximum atomic E-state index is 14.0. The fourth-order valence-electron chi connectivity index (χ4n) is 4.42. The summed E-state index contributed by atoms with van der Waals surface area (Å²) in [6.07, 6.45) is -0.794. The molecule has 0 saturated carbocycles. The van der Waals surface area contributed by atoms with E-state index in [0.29, 0.717) is 22.2 Å². The maximum Gasteiger partial charge on any atom is 0.418 e. The Morgan fingerprint density at radius 1 is 1.11 bits per heavy atom. The van der Waals surface area contributed by atoms with Crippen molar-refractivity contribution in [3.63, 3.8) is 0 Å². The third-order valence-corrected chi connectivity index (χ3v) is 6.34. The second-order valence-corrected chi connectivity index (χ2v) is 8.57. The number of nitrogens with one attached hydrogen (secondary N) is 1. The molecule has 1 saturated heterocycles. The zero-order valence-electron chi connectivity index (χ0n) is 19.5. The lowest BCUT2D eigenvalue weighted by atomic mass is 9.92. The lowest BCUT2D eigenvalue weighted by Gasteiger charge is -2.25. The number of aromatic amines is 1. The summed E-state index contributed by atoms with van der Waals surface area (Å²) in [7, 11) is 1.29. The van der Waals surface area contributed by atoms with Gasteiger partial charge in [-0.3, -0.25) is 4.79 Å². The van der Waals surface area contributed by atoms with E-state index in [4.69, 9.17) is 9.47 Å². The van der Waals surface area contributed by atoms with Gasteiger partial charge in [0.1, 0.15) is 5.82 Å². The van der Waals surface area contributed by atoms with Crippen LogP contribution in [0.1, 0.15) is 40.3 Å². The Morgan fingerprint density at radius 2 is 1.83 bits per heavy atom. The van der Waals surface area contributed by atoms with Crippen molar-refractivity contribution in [3.05, 3.63) is 101 Å². The summed E-state index contributed by atoms with van der Waals surface area (Å²) in [5.41, 5.74) is 0.832. The number of imide groups is 1. The highest BCUT2D eigenvalue weighted by Gasteiger charge is 2.58. The predicted molar refractivity (Wildman–Crippen MR) is 127 cm³/mol. The van der Waals surface area contributed by atoms with Crippen LogP contribution < -0.4 is 0 Å². The van der Waals surface area contributed by atoms with Gasteiger partial charge in [-0.2, -0.15) is 0 Å². The first-order valence-electron chi connectivity index (χ1n) is 11.3. The molecule has 3 aromatic carbocycles. The molecule has 0 bridgehead atoms. The number of nitrogens with zero attached hydrogens (tertiary/aromatic N) is 2. The lowest BCUT2D eigenvalue weighted by Crippen LogP contribution is -2.42. The summed E-state index contributed by atoms with van der Waals surface area (Å²) in [6, 6.07) is 18.8. The molecule has 2 heterocycles. The largest absolute Gasteiger partial charge is 0.465 e. The number of hydrogen-bond donors (Lipinski definition) is 1. The van der Waals surface area contributed by atoms with E-state index in [1.54, 1.807) is 25.1 Å². The van der Waals surface area contributed by atoms with Crippen LogP contribution in [0.15, 0.2) is 72.8 Å². The van der Waals surface area contributed by atoms with E-state index in [1.165, 1.54) is 31.4 Å². The number of halogens is 1. The molecule has 1 N–H and O–H groups in total. The fourth-order valence-corrected chi connectivity index (χ4v) is 4.42. The average molecular weight is 487 g/mol. The number of rotatable bonds is 6. The lowest BCUT2D eigenvalue weighted by molar-refractivity contribution is -0.139. The molecule has 0 aliphatic carbocycles. The van der Waals surface area contributed by atoms with Crippen LogP contribution >= 0.6 is 0 Å². The summed E-state index contributed by atoms with van der Waals surface area (Å²) in [6.45, 7) is 1.67. The Kier molecular flexibility index (Phi) is 5.75. The second-order valence-electron chi connectivity index (χ2n) is 8.57. The van der Waals surface area contributed by atoms with Crippen LogP contribution in [0.25, 0.3) is 11.0 Å². The summed E-state index contributed by atoms with van der Waals surface area (Å²) in [5, 5.41) is 0. The Morgan fingerprint density at radius 3 is 2.53 bits per heavy atom. The SMILES string of the molecule is COC(=O)c1ccc2nc([C@@]3(Cc4ccccc4)OC(=O)N([C@H](C)c4ccc(F)cc4)C3=O)[nH]c2c1. The van der Waals surface area contributed by atoms with Gasteiger partial charge in [0.15, 0.2) is 5.82 Å². The summed E-state index contributed by atoms with van der Waals surface area (Å²) in [5.74, 6) is -1.40. The van der Waals surface area contributed by atoms with Crippen LogP contribution in [0.2, 0.25) is 0 Å². The van der Waals surface area contributed by atoms with Crippen LogP contribution in [0.5, 0.6) is 0 Å². The van der Waals surface area contributed by atoms with Crippen LogP contribution in [-0.4, -0.2) is 39.9 Å². The van der Waals surface area contributed by atoms with E-state index in [9.17, 15) is 18.8 Å². The number of amides is 2. The molecule has 2 amide bonds. The maximum absolute atomic E-state index is 14.0. The first-order chi connectivity index (χ1) is 17.3. The number of benzene rings is 3. The van der Waals surface area contributed by atoms with Gasteiger partial charge in [0.25, 0.3) is 11.5 Å². The quantitative estimate of drug-likeness (QED) is 0.397. The van der Waals surface area contributed by atoms with Crippen molar-refractivity contribution in [2.24, 2.45) is 0 Å². The third kappa shape index (κ3) is 3.88. The molecular weight excluding hydrogens is 465 g/mol. The number of esters is 1. The van der Waals surface area contributed by atoms with Gasteiger partial charge in [0.05, 0.1) is 29.7 Å². The molecule has 5 rings (SSSR count). The molecule has 182 valence electrons. The fraction of sp³-hybridized carbons (Fsp3) is 0.185. The molecular formula is C27H22FN3O5. The number of aromatic nitrogens is 2. The van der Waals surface area contributed by atoms with Crippen LogP contribution in [0, 0.1) is 5.82 Å². The molecule has 1 aliphatic heterocycles. The van der Waals surface area contributed by atoms with Gasteiger partial charge in [-0.15, -0.1) is 0 Å². The van der Waals surface area contributed by atoms with Gasteiger partial charge in [-0.25, -0.2) is 23.9 Å². The third-order valence-electron chi connectivity index (χ3n) is 6.34. The number of methoxy groups -OCH3 is 1. The Balaban J connectivity index is 1.60. The van der Waals surface area contributed by atoms with E-state index >= 15 is 0 Å². The molecule has 36 heavy (non-hydrogen) atoms. The van der Waals surface area contributed by atoms with Crippen LogP contribution in [0.3, 0.4) is 0 Å². The molecule has 0 spiro atoms.